The van der Waals surface area contributed by atoms with E-state index in [9.17, 15) is 4.79 Å². The summed E-state index contributed by atoms with van der Waals surface area (Å²) in [4.78, 5) is 16.1. The molecule has 0 aliphatic rings. The Morgan fingerprint density at radius 2 is 2.17 bits per heavy atom. The Kier molecular flexibility index (Phi) is 5.50. The zero-order chi connectivity index (χ0) is 16.9. The molecule has 1 aromatic carbocycles. The summed E-state index contributed by atoms with van der Waals surface area (Å²) in [5.74, 6) is 0.557. The Bertz CT molecular complexity index is 834. The minimum Gasteiger partial charge on any atom is -0.461 e. The van der Waals surface area contributed by atoms with Crippen LogP contribution in [0.25, 0.3) is 11.4 Å². The van der Waals surface area contributed by atoms with E-state index in [1.165, 1.54) is 0 Å². The quantitative estimate of drug-likeness (QED) is 0.573. The van der Waals surface area contributed by atoms with Gasteiger partial charge in [-0.3, -0.25) is 4.79 Å². The third kappa shape index (κ3) is 4.35. The molecule has 3 rings (SSSR count). The van der Waals surface area contributed by atoms with Crippen molar-refractivity contribution in [2.45, 2.75) is 19.4 Å². The first-order chi connectivity index (χ1) is 11.6. The third-order valence-electron chi connectivity index (χ3n) is 3.19. The number of aromatic nitrogens is 2. The van der Waals surface area contributed by atoms with E-state index < -0.39 is 0 Å². The minimum absolute atomic E-state index is 0.0961. The molecule has 0 atom stereocenters. The molecule has 2 aromatic heterocycles. The van der Waals surface area contributed by atoms with Gasteiger partial charge in [-0.25, -0.2) is 0 Å². The smallest absolute Gasteiger partial charge is 0.306 e. The summed E-state index contributed by atoms with van der Waals surface area (Å²) in [5.41, 5.74) is 1.60. The van der Waals surface area contributed by atoms with Gasteiger partial charge in [0.25, 0.3) is 0 Å². The first-order valence-electron chi connectivity index (χ1n) is 7.06. The van der Waals surface area contributed by atoms with Gasteiger partial charge >= 0.3 is 5.97 Å². The lowest BCUT2D eigenvalue weighted by molar-refractivity contribution is -0.145. The average Bonchev–Trinajstić information content (AvgIpc) is 3.23. The molecule has 124 valence electrons. The second-order valence-electron chi connectivity index (χ2n) is 4.92. The summed E-state index contributed by atoms with van der Waals surface area (Å²) in [7, 11) is 0. The number of benzene rings is 1. The summed E-state index contributed by atoms with van der Waals surface area (Å²) in [6.45, 7) is 0.0961. The maximum atomic E-state index is 11.8. The number of esters is 1. The van der Waals surface area contributed by atoms with E-state index in [0.29, 0.717) is 33.7 Å². The number of hydrogen-bond acceptors (Lipinski definition) is 6. The molecule has 0 saturated heterocycles. The average molecular weight is 383 g/mol. The van der Waals surface area contributed by atoms with Crippen LogP contribution in [-0.4, -0.2) is 16.1 Å². The van der Waals surface area contributed by atoms with Crippen molar-refractivity contribution in [3.63, 3.8) is 0 Å². The standard InChI is InChI=1S/C16H12Cl2N2O3S/c17-12-2-1-10(13(18)7-12)8-22-15(21)4-3-14-19-16(20-23-14)11-5-6-24-9-11/h1-2,5-7,9H,3-4,8H2. The molecule has 0 aliphatic heterocycles. The van der Waals surface area contributed by atoms with Gasteiger partial charge in [0.05, 0.1) is 6.42 Å². The third-order valence-corrected chi connectivity index (χ3v) is 4.46. The second-order valence-corrected chi connectivity index (χ2v) is 6.54. The van der Waals surface area contributed by atoms with E-state index in [4.69, 9.17) is 32.5 Å². The fourth-order valence-electron chi connectivity index (χ4n) is 1.94. The molecule has 5 nitrogen and oxygen atoms in total. The fourth-order valence-corrected chi connectivity index (χ4v) is 3.04. The highest BCUT2D eigenvalue weighted by molar-refractivity contribution is 7.08. The maximum Gasteiger partial charge on any atom is 0.306 e. The predicted octanol–water partition coefficient (Wildman–Crippen LogP) is 4.78. The topological polar surface area (TPSA) is 65.2 Å². The van der Waals surface area contributed by atoms with Crippen LogP contribution in [0, 0.1) is 0 Å². The normalized spacial score (nSPS) is 10.8. The van der Waals surface area contributed by atoms with E-state index in [2.05, 4.69) is 10.1 Å². The van der Waals surface area contributed by atoms with Crippen molar-refractivity contribution < 1.29 is 14.1 Å². The highest BCUT2D eigenvalue weighted by Crippen LogP contribution is 2.22. The van der Waals surface area contributed by atoms with Crippen molar-refractivity contribution in [1.82, 2.24) is 10.1 Å². The highest BCUT2D eigenvalue weighted by Gasteiger charge is 2.12. The summed E-state index contributed by atoms with van der Waals surface area (Å²) < 4.78 is 10.3. The Morgan fingerprint density at radius 3 is 2.92 bits per heavy atom. The van der Waals surface area contributed by atoms with Gasteiger partial charge < -0.3 is 9.26 Å². The van der Waals surface area contributed by atoms with E-state index >= 15 is 0 Å². The molecule has 24 heavy (non-hydrogen) atoms. The predicted molar refractivity (Wildman–Crippen MR) is 92.2 cm³/mol. The number of thiophene rings is 1. The number of rotatable bonds is 6. The molecule has 0 amide bonds. The van der Waals surface area contributed by atoms with E-state index in [1.807, 2.05) is 16.8 Å². The zero-order valence-electron chi connectivity index (χ0n) is 12.4. The lowest BCUT2D eigenvalue weighted by Crippen LogP contribution is -2.06. The van der Waals surface area contributed by atoms with Crippen molar-refractivity contribution in [2.75, 3.05) is 0 Å². The van der Waals surface area contributed by atoms with Gasteiger partial charge in [-0.05, 0) is 23.6 Å². The largest absolute Gasteiger partial charge is 0.461 e. The van der Waals surface area contributed by atoms with Crippen LogP contribution < -0.4 is 0 Å². The summed E-state index contributed by atoms with van der Waals surface area (Å²) in [5, 5.41) is 8.75. The minimum atomic E-state index is -0.365. The molecular formula is C16H12Cl2N2O3S. The van der Waals surface area contributed by atoms with E-state index in [0.717, 1.165) is 5.56 Å². The molecule has 8 heteroatoms. The van der Waals surface area contributed by atoms with Gasteiger partial charge in [0, 0.05) is 33.0 Å². The van der Waals surface area contributed by atoms with Gasteiger partial charge in [-0.1, -0.05) is 34.4 Å². The number of halogens is 2. The highest BCUT2D eigenvalue weighted by atomic mass is 35.5. The van der Waals surface area contributed by atoms with E-state index in [-0.39, 0.29) is 19.0 Å². The molecule has 0 spiro atoms. The summed E-state index contributed by atoms with van der Waals surface area (Å²) >= 11 is 13.4. The van der Waals surface area contributed by atoms with Crippen LogP contribution in [0.4, 0.5) is 0 Å². The molecule has 0 aliphatic carbocycles. The molecule has 0 unspecified atom stereocenters. The van der Waals surface area contributed by atoms with Crippen molar-refractivity contribution in [3.8, 4) is 11.4 Å². The lowest BCUT2D eigenvalue weighted by Gasteiger charge is -2.06. The maximum absolute atomic E-state index is 11.8. The van der Waals surface area contributed by atoms with Crippen LogP contribution in [0.3, 0.4) is 0 Å². The second kappa shape index (κ2) is 7.79. The molecule has 0 bridgehead atoms. The molecule has 0 saturated carbocycles. The van der Waals surface area contributed by atoms with Crippen molar-refractivity contribution in [2.24, 2.45) is 0 Å². The van der Waals surface area contributed by atoms with Crippen molar-refractivity contribution in [3.05, 3.63) is 56.5 Å². The Morgan fingerprint density at radius 1 is 1.29 bits per heavy atom. The Balaban J connectivity index is 1.49. The molecule has 2 heterocycles. The zero-order valence-corrected chi connectivity index (χ0v) is 14.7. The number of nitrogens with zero attached hydrogens (tertiary/aromatic N) is 2. The first kappa shape index (κ1) is 17.0. The van der Waals surface area contributed by atoms with Gasteiger partial charge in [0.1, 0.15) is 6.61 Å². The summed E-state index contributed by atoms with van der Waals surface area (Å²) in [6, 6.07) is 6.93. The lowest BCUT2D eigenvalue weighted by atomic mass is 10.2. The molecule has 3 aromatic rings. The number of hydrogen-bond donors (Lipinski definition) is 0. The molecule has 0 fully saturated rings. The fraction of sp³-hybridized carbons (Fsp3) is 0.188. The SMILES string of the molecule is O=C(CCc1nc(-c2ccsc2)no1)OCc1ccc(Cl)cc1Cl. The Hall–Kier alpha value is -1.89. The number of aryl methyl sites for hydroxylation is 1. The van der Waals surface area contributed by atoms with Gasteiger partial charge in [-0.2, -0.15) is 16.3 Å². The van der Waals surface area contributed by atoms with Crippen molar-refractivity contribution in [1.29, 1.82) is 0 Å². The molecule has 0 radical (unpaired) electrons. The number of ether oxygens (including phenoxy) is 1. The Labute approximate surface area is 152 Å². The van der Waals surface area contributed by atoms with Gasteiger partial charge in [0.15, 0.2) is 0 Å². The molecule has 0 N–H and O–H groups in total. The van der Waals surface area contributed by atoms with Gasteiger partial charge in [0.2, 0.25) is 11.7 Å². The first-order valence-corrected chi connectivity index (χ1v) is 8.76. The number of carbonyl (C=O) groups is 1. The monoisotopic (exact) mass is 382 g/mol. The van der Waals surface area contributed by atoms with E-state index in [1.54, 1.807) is 29.5 Å². The van der Waals surface area contributed by atoms with Crippen LogP contribution in [0.2, 0.25) is 10.0 Å². The van der Waals surface area contributed by atoms with Gasteiger partial charge in [-0.15, -0.1) is 0 Å². The number of carbonyl (C=O) groups excluding carboxylic acids is 1. The molecular weight excluding hydrogens is 371 g/mol. The van der Waals surface area contributed by atoms with Crippen molar-refractivity contribution >= 4 is 40.5 Å². The van der Waals surface area contributed by atoms with Crippen LogP contribution >= 0.6 is 34.5 Å². The van der Waals surface area contributed by atoms with Crippen LogP contribution in [-0.2, 0) is 22.6 Å². The van der Waals surface area contributed by atoms with Crippen LogP contribution in [0.1, 0.15) is 17.9 Å². The summed E-state index contributed by atoms with van der Waals surface area (Å²) in [6.07, 6.45) is 0.473. The van der Waals surface area contributed by atoms with Crippen LogP contribution in [0.15, 0.2) is 39.5 Å². The van der Waals surface area contributed by atoms with Crippen LogP contribution in [0.5, 0.6) is 0 Å².